The molecule has 1 aromatic rings. The van der Waals surface area contributed by atoms with Gasteiger partial charge in [0.1, 0.15) is 12.4 Å². The van der Waals surface area contributed by atoms with Crippen molar-refractivity contribution in [3.8, 4) is 5.75 Å². The number of hydrogen-bond acceptors (Lipinski definition) is 3. The second-order valence-corrected chi connectivity index (χ2v) is 3.95. The molecule has 0 spiro atoms. The summed E-state index contributed by atoms with van der Waals surface area (Å²) in [5.74, 6) is 0.883. The predicted octanol–water partition coefficient (Wildman–Crippen LogP) is 1.65. The fourth-order valence-corrected chi connectivity index (χ4v) is 1.48. The van der Waals surface area contributed by atoms with Crippen LogP contribution < -0.4 is 10.5 Å². The van der Waals surface area contributed by atoms with Crippen molar-refractivity contribution in [3.05, 3.63) is 27.8 Å². The van der Waals surface area contributed by atoms with Crippen LogP contribution in [0, 0.1) is 3.57 Å². The van der Waals surface area contributed by atoms with E-state index < -0.39 is 0 Å². The van der Waals surface area contributed by atoms with Gasteiger partial charge in [-0.05, 0) is 40.8 Å². The maximum absolute atomic E-state index is 5.46. The second-order valence-electron chi connectivity index (χ2n) is 2.71. The summed E-state index contributed by atoms with van der Waals surface area (Å²) in [6.45, 7) is 2.31. The third-order valence-electron chi connectivity index (χ3n) is 1.55. The molecule has 0 amide bonds. The van der Waals surface area contributed by atoms with Crippen molar-refractivity contribution < 1.29 is 9.47 Å². The van der Waals surface area contributed by atoms with E-state index in [1.54, 1.807) is 0 Å². The highest BCUT2D eigenvalue weighted by molar-refractivity contribution is 14.1. The van der Waals surface area contributed by atoms with Crippen molar-refractivity contribution >= 4 is 22.6 Å². The fourth-order valence-electron chi connectivity index (χ4n) is 0.961. The van der Waals surface area contributed by atoms with Gasteiger partial charge in [-0.15, -0.1) is 0 Å². The lowest BCUT2D eigenvalue weighted by Crippen LogP contribution is -2.13. The van der Waals surface area contributed by atoms with E-state index in [0.717, 1.165) is 5.75 Å². The van der Waals surface area contributed by atoms with Gasteiger partial charge < -0.3 is 15.2 Å². The Bertz CT molecular complexity index is 268. The van der Waals surface area contributed by atoms with Crippen molar-refractivity contribution in [1.82, 2.24) is 0 Å². The molecule has 78 valence electrons. The van der Waals surface area contributed by atoms with Crippen LogP contribution in [-0.2, 0) is 4.74 Å². The van der Waals surface area contributed by atoms with Crippen LogP contribution in [0.5, 0.6) is 5.75 Å². The maximum atomic E-state index is 5.46. The highest BCUT2D eigenvalue weighted by atomic mass is 127. The van der Waals surface area contributed by atoms with Gasteiger partial charge in [-0.25, -0.2) is 0 Å². The minimum absolute atomic E-state index is 0.559. The lowest BCUT2D eigenvalue weighted by atomic mass is 10.3. The van der Waals surface area contributed by atoms with Gasteiger partial charge in [0.2, 0.25) is 0 Å². The molecule has 1 aromatic carbocycles. The summed E-state index contributed by atoms with van der Waals surface area (Å²) in [6.07, 6.45) is 0. The van der Waals surface area contributed by atoms with Crippen LogP contribution in [0.1, 0.15) is 0 Å². The molecule has 0 bridgehead atoms. The lowest BCUT2D eigenvalue weighted by Gasteiger charge is -2.06. The highest BCUT2D eigenvalue weighted by Gasteiger charge is 1.94. The third-order valence-corrected chi connectivity index (χ3v) is 2.23. The molecule has 1 rings (SSSR count). The first-order valence-electron chi connectivity index (χ1n) is 4.49. The average Bonchev–Trinajstić information content (AvgIpc) is 2.18. The molecule has 0 atom stereocenters. The zero-order chi connectivity index (χ0) is 10.2. The molecular formula is C10H14INO2. The van der Waals surface area contributed by atoms with Crippen LogP contribution in [0.15, 0.2) is 24.3 Å². The molecule has 0 aliphatic rings. The maximum Gasteiger partial charge on any atom is 0.120 e. The zero-order valence-corrected chi connectivity index (χ0v) is 10.1. The number of benzene rings is 1. The Morgan fingerprint density at radius 2 is 2.07 bits per heavy atom. The number of halogens is 1. The number of hydrogen-bond donors (Lipinski definition) is 1. The van der Waals surface area contributed by atoms with Gasteiger partial charge in [-0.2, -0.15) is 0 Å². The van der Waals surface area contributed by atoms with Crippen LogP contribution in [0.4, 0.5) is 0 Å². The molecule has 0 saturated heterocycles. The molecule has 0 fully saturated rings. The molecule has 4 heteroatoms. The van der Waals surface area contributed by atoms with Gasteiger partial charge in [0.15, 0.2) is 0 Å². The Labute approximate surface area is 97.7 Å². The second kappa shape index (κ2) is 7.03. The van der Waals surface area contributed by atoms with E-state index in [2.05, 4.69) is 22.6 Å². The molecule has 0 unspecified atom stereocenters. The normalized spacial score (nSPS) is 10.1. The summed E-state index contributed by atoms with van der Waals surface area (Å²) in [7, 11) is 0. The smallest absolute Gasteiger partial charge is 0.120 e. The largest absolute Gasteiger partial charge is 0.491 e. The van der Waals surface area contributed by atoms with E-state index in [1.807, 2.05) is 24.3 Å². The summed E-state index contributed by atoms with van der Waals surface area (Å²) in [4.78, 5) is 0. The fraction of sp³-hybridized carbons (Fsp3) is 0.400. The summed E-state index contributed by atoms with van der Waals surface area (Å²) in [5.41, 5.74) is 5.27. The van der Waals surface area contributed by atoms with Crippen molar-refractivity contribution in [1.29, 1.82) is 0 Å². The van der Waals surface area contributed by atoms with Crippen molar-refractivity contribution in [2.24, 2.45) is 5.73 Å². The molecule has 0 aromatic heterocycles. The molecule has 0 heterocycles. The van der Waals surface area contributed by atoms with Gasteiger partial charge in [0, 0.05) is 10.1 Å². The minimum atomic E-state index is 0.559. The monoisotopic (exact) mass is 307 g/mol. The summed E-state index contributed by atoms with van der Waals surface area (Å²) < 4.78 is 11.8. The van der Waals surface area contributed by atoms with Crippen LogP contribution in [0.3, 0.4) is 0 Å². The zero-order valence-electron chi connectivity index (χ0n) is 7.91. The van der Waals surface area contributed by atoms with E-state index in [4.69, 9.17) is 15.2 Å². The third kappa shape index (κ3) is 4.78. The number of ether oxygens (including phenoxy) is 2. The van der Waals surface area contributed by atoms with E-state index in [1.165, 1.54) is 3.57 Å². The molecule has 0 aliphatic carbocycles. The van der Waals surface area contributed by atoms with Gasteiger partial charge in [-0.3, -0.25) is 0 Å². The summed E-state index contributed by atoms with van der Waals surface area (Å²) in [6, 6.07) is 7.92. The molecule has 14 heavy (non-hydrogen) atoms. The molecule has 0 radical (unpaired) electrons. The van der Waals surface area contributed by atoms with E-state index in [0.29, 0.717) is 26.4 Å². The van der Waals surface area contributed by atoms with Gasteiger partial charge in [0.25, 0.3) is 0 Å². The summed E-state index contributed by atoms with van der Waals surface area (Å²) >= 11 is 2.25. The van der Waals surface area contributed by atoms with Crippen molar-refractivity contribution in [3.63, 3.8) is 0 Å². The molecule has 0 aliphatic heterocycles. The van der Waals surface area contributed by atoms with Crippen molar-refractivity contribution in [2.45, 2.75) is 0 Å². The standard InChI is InChI=1S/C10H14INO2/c11-9-2-1-3-10(8-9)14-7-6-13-5-4-12/h1-3,8H,4-7,12H2. The Morgan fingerprint density at radius 3 is 2.79 bits per heavy atom. The minimum Gasteiger partial charge on any atom is -0.491 e. The van der Waals surface area contributed by atoms with E-state index >= 15 is 0 Å². The Balaban J connectivity index is 2.18. The van der Waals surface area contributed by atoms with Crippen LogP contribution in [-0.4, -0.2) is 26.4 Å². The Hall–Kier alpha value is -0.330. The SMILES string of the molecule is NCCOCCOc1cccc(I)c1. The number of rotatable bonds is 6. The molecule has 2 N–H and O–H groups in total. The Morgan fingerprint density at radius 1 is 1.21 bits per heavy atom. The molecular weight excluding hydrogens is 293 g/mol. The van der Waals surface area contributed by atoms with Crippen LogP contribution in [0.2, 0.25) is 0 Å². The van der Waals surface area contributed by atoms with Crippen LogP contribution >= 0.6 is 22.6 Å². The lowest BCUT2D eigenvalue weighted by molar-refractivity contribution is 0.106. The predicted molar refractivity (Wildman–Crippen MR) is 64.5 cm³/mol. The topological polar surface area (TPSA) is 44.5 Å². The molecule has 0 saturated carbocycles. The number of nitrogens with two attached hydrogens (primary N) is 1. The van der Waals surface area contributed by atoms with Gasteiger partial charge in [-0.1, -0.05) is 6.07 Å². The van der Waals surface area contributed by atoms with Crippen molar-refractivity contribution in [2.75, 3.05) is 26.4 Å². The van der Waals surface area contributed by atoms with E-state index in [-0.39, 0.29) is 0 Å². The van der Waals surface area contributed by atoms with Gasteiger partial charge in [0.05, 0.1) is 13.2 Å². The first kappa shape index (κ1) is 11.7. The Kier molecular flexibility index (Phi) is 5.89. The first-order chi connectivity index (χ1) is 6.83. The molecule has 3 nitrogen and oxygen atoms in total. The van der Waals surface area contributed by atoms with E-state index in [9.17, 15) is 0 Å². The van der Waals surface area contributed by atoms with Gasteiger partial charge >= 0.3 is 0 Å². The highest BCUT2D eigenvalue weighted by Crippen LogP contribution is 2.14. The summed E-state index contributed by atoms with van der Waals surface area (Å²) in [5, 5.41) is 0. The van der Waals surface area contributed by atoms with Crippen LogP contribution in [0.25, 0.3) is 0 Å². The quantitative estimate of drug-likeness (QED) is 0.642. The first-order valence-corrected chi connectivity index (χ1v) is 5.57. The average molecular weight is 307 g/mol.